The number of aromatic nitrogens is 2. The summed E-state index contributed by atoms with van der Waals surface area (Å²) in [6.07, 6.45) is -1.73. The van der Waals surface area contributed by atoms with Crippen molar-refractivity contribution >= 4 is 5.91 Å². The molecular weight excluding hydrogens is 311 g/mol. The van der Waals surface area contributed by atoms with Crippen LogP contribution in [0.1, 0.15) is 60.3 Å². The van der Waals surface area contributed by atoms with E-state index in [2.05, 4.69) is 5.10 Å². The van der Waals surface area contributed by atoms with Crippen LogP contribution in [0, 0.1) is 5.41 Å². The van der Waals surface area contributed by atoms with Gasteiger partial charge in [0.2, 0.25) is 0 Å². The molecule has 1 aromatic rings. The summed E-state index contributed by atoms with van der Waals surface area (Å²) in [6, 6.07) is 0. The Labute approximate surface area is 131 Å². The first-order valence-electron chi connectivity index (χ1n) is 7.74. The summed E-state index contributed by atoms with van der Waals surface area (Å²) < 4.78 is 47.3. The van der Waals surface area contributed by atoms with E-state index in [0.29, 0.717) is 19.4 Å². The van der Waals surface area contributed by atoms with Crippen LogP contribution in [-0.2, 0) is 17.5 Å². The maximum Gasteiger partial charge on any atom is 0.420 e. The van der Waals surface area contributed by atoms with Gasteiger partial charge in [-0.05, 0) is 32.6 Å². The third-order valence-corrected chi connectivity index (χ3v) is 5.17. The summed E-state index contributed by atoms with van der Waals surface area (Å²) in [7, 11) is 0. The van der Waals surface area contributed by atoms with E-state index in [0.717, 1.165) is 12.8 Å². The summed E-state index contributed by atoms with van der Waals surface area (Å²) in [5, 5.41) is 4.16. The maximum absolute atomic E-state index is 13.5. The van der Waals surface area contributed by atoms with Crippen LogP contribution in [0.25, 0.3) is 0 Å². The Morgan fingerprint density at radius 3 is 2.52 bits per heavy atom. The Kier molecular flexibility index (Phi) is 2.79. The zero-order valence-corrected chi connectivity index (χ0v) is 12.7. The number of ether oxygens (including phenoxy) is 1. The van der Waals surface area contributed by atoms with E-state index in [1.54, 1.807) is 0 Å². The highest BCUT2D eigenvalue weighted by atomic mass is 19.4. The van der Waals surface area contributed by atoms with Crippen LogP contribution < -0.4 is 5.73 Å². The van der Waals surface area contributed by atoms with Crippen LogP contribution >= 0.6 is 0 Å². The van der Waals surface area contributed by atoms with Gasteiger partial charge in [0.25, 0.3) is 5.91 Å². The Balaban J connectivity index is 1.76. The molecule has 0 aromatic carbocycles. The van der Waals surface area contributed by atoms with Gasteiger partial charge in [0.1, 0.15) is 11.3 Å². The predicted molar refractivity (Wildman–Crippen MR) is 73.7 cm³/mol. The molecule has 4 fully saturated rings. The molecule has 23 heavy (non-hydrogen) atoms. The van der Waals surface area contributed by atoms with Crippen molar-refractivity contribution in [2.45, 2.75) is 56.8 Å². The minimum Gasteiger partial charge on any atom is -0.375 e. The van der Waals surface area contributed by atoms with Crippen molar-refractivity contribution in [1.29, 1.82) is 0 Å². The van der Waals surface area contributed by atoms with Gasteiger partial charge in [-0.3, -0.25) is 9.48 Å². The Hall–Kier alpha value is -1.57. The number of fused-ring (bicyclic) bond motifs is 1. The van der Waals surface area contributed by atoms with Gasteiger partial charge in [-0.1, -0.05) is 0 Å². The zero-order chi connectivity index (χ0) is 16.6. The largest absolute Gasteiger partial charge is 0.420 e. The quantitative estimate of drug-likeness (QED) is 0.922. The number of nitrogens with two attached hydrogens (primary N) is 1. The first-order chi connectivity index (χ1) is 10.6. The first-order valence-corrected chi connectivity index (χ1v) is 7.74. The minimum atomic E-state index is -4.63. The molecule has 2 saturated heterocycles. The highest BCUT2D eigenvalue weighted by molar-refractivity contribution is 5.93. The van der Waals surface area contributed by atoms with Crippen molar-refractivity contribution in [2.24, 2.45) is 11.1 Å². The van der Waals surface area contributed by atoms with Gasteiger partial charge in [-0.15, -0.1) is 0 Å². The number of hydrogen-bond donors (Lipinski definition) is 1. The van der Waals surface area contributed by atoms with E-state index in [9.17, 15) is 18.0 Å². The van der Waals surface area contributed by atoms with Crippen molar-refractivity contribution in [3.8, 4) is 0 Å². The zero-order valence-electron chi connectivity index (χ0n) is 12.7. The molecule has 0 radical (unpaired) electrons. The third-order valence-electron chi connectivity index (χ3n) is 5.17. The fourth-order valence-corrected chi connectivity index (χ4v) is 4.31. The second-order valence-corrected chi connectivity index (χ2v) is 7.49. The molecule has 2 aliphatic heterocycles. The average Bonchev–Trinajstić information content (AvgIpc) is 2.98. The van der Waals surface area contributed by atoms with Crippen LogP contribution in [0.4, 0.5) is 13.2 Å². The fourth-order valence-electron chi connectivity index (χ4n) is 4.31. The molecule has 4 aliphatic rings. The molecule has 2 N–H and O–H groups in total. The fraction of sp³-hybridized carbons (Fsp3) is 0.733. The number of primary amides is 1. The van der Waals surface area contributed by atoms with Gasteiger partial charge < -0.3 is 10.5 Å². The standard InChI is InChI=1S/C15H18F3N3O2/c1-13-4-14(5-13,7-23-13)6-21-11(12(19)22)9(15(16,17)18)10(20-21)8-2-3-8/h8H,2-7H2,1H3,(H2,19,22). The van der Waals surface area contributed by atoms with Gasteiger partial charge >= 0.3 is 6.18 Å². The SMILES string of the molecule is CC12CC(Cn3nc(C4CC4)c(C(F)(F)F)c3C(N)=O)(CO1)C2. The highest BCUT2D eigenvalue weighted by Gasteiger charge is 2.60. The molecule has 126 valence electrons. The van der Waals surface area contributed by atoms with Gasteiger partial charge in [-0.2, -0.15) is 18.3 Å². The van der Waals surface area contributed by atoms with Crippen molar-refractivity contribution in [3.05, 3.63) is 17.0 Å². The van der Waals surface area contributed by atoms with E-state index in [4.69, 9.17) is 10.5 Å². The van der Waals surface area contributed by atoms with E-state index in [1.807, 2.05) is 6.92 Å². The third kappa shape index (κ3) is 2.26. The monoisotopic (exact) mass is 329 g/mol. The molecule has 1 amide bonds. The molecule has 0 unspecified atom stereocenters. The molecule has 1 aromatic heterocycles. The van der Waals surface area contributed by atoms with Crippen LogP contribution in [0.15, 0.2) is 0 Å². The van der Waals surface area contributed by atoms with Crippen LogP contribution in [0.3, 0.4) is 0 Å². The molecule has 0 atom stereocenters. The lowest BCUT2D eigenvalue weighted by Gasteiger charge is -2.42. The Morgan fingerprint density at radius 2 is 2.09 bits per heavy atom. The number of halogens is 3. The first kappa shape index (κ1) is 15.0. The van der Waals surface area contributed by atoms with E-state index in [1.165, 1.54) is 4.68 Å². The molecule has 0 spiro atoms. The summed E-state index contributed by atoms with van der Waals surface area (Å²) >= 11 is 0. The molecule has 8 heteroatoms. The maximum atomic E-state index is 13.5. The smallest absolute Gasteiger partial charge is 0.375 e. The number of carbonyl (C=O) groups excluding carboxylic acids is 1. The molecule has 2 aliphatic carbocycles. The number of hydrogen-bond acceptors (Lipinski definition) is 3. The Bertz CT molecular complexity index is 685. The number of rotatable bonds is 4. The summed E-state index contributed by atoms with van der Waals surface area (Å²) in [5.41, 5.74) is 3.40. The number of carbonyl (C=O) groups is 1. The van der Waals surface area contributed by atoms with Crippen molar-refractivity contribution in [2.75, 3.05) is 6.61 Å². The second kappa shape index (κ2) is 4.28. The normalized spacial score (nSPS) is 32.9. The van der Waals surface area contributed by atoms with Gasteiger partial charge in [0.15, 0.2) is 0 Å². The van der Waals surface area contributed by atoms with E-state index < -0.39 is 23.3 Å². The summed E-state index contributed by atoms with van der Waals surface area (Å²) in [4.78, 5) is 11.7. The van der Waals surface area contributed by atoms with Crippen molar-refractivity contribution in [3.63, 3.8) is 0 Å². The second-order valence-electron chi connectivity index (χ2n) is 7.49. The molecule has 2 bridgehead atoms. The minimum absolute atomic E-state index is 0.0244. The molecule has 3 heterocycles. The van der Waals surface area contributed by atoms with Gasteiger partial charge in [-0.25, -0.2) is 0 Å². The van der Waals surface area contributed by atoms with Gasteiger partial charge in [0.05, 0.1) is 17.9 Å². The summed E-state index contributed by atoms with van der Waals surface area (Å²) in [5.74, 6) is -1.29. The van der Waals surface area contributed by atoms with Crippen molar-refractivity contribution in [1.82, 2.24) is 9.78 Å². The van der Waals surface area contributed by atoms with Crippen molar-refractivity contribution < 1.29 is 22.7 Å². The highest BCUT2D eigenvalue weighted by Crippen LogP contribution is 2.58. The van der Waals surface area contributed by atoms with Gasteiger partial charge in [0, 0.05) is 17.9 Å². The molecule has 5 nitrogen and oxygen atoms in total. The van der Waals surface area contributed by atoms with Crippen LogP contribution in [0.5, 0.6) is 0 Å². The predicted octanol–water partition coefficient (Wildman–Crippen LogP) is 2.45. The molecule has 2 saturated carbocycles. The number of amides is 1. The van der Waals surface area contributed by atoms with Crippen LogP contribution in [0.2, 0.25) is 0 Å². The molecular formula is C15H18F3N3O2. The van der Waals surface area contributed by atoms with Crippen LogP contribution in [-0.4, -0.2) is 27.9 Å². The molecule has 5 rings (SSSR count). The lowest BCUT2D eigenvalue weighted by atomic mass is 9.63. The number of nitrogens with zero attached hydrogens (tertiary/aromatic N) is 2. The topological polar surface area (TPSA) is 70.1 Å². The van der Waals surface area contributed by atoms with E-state index >= 15 is 0 Å². The Morgan fingerprint density at radius 1 is 1.43 bits per heavy atom. The lowest BCUT2D eigenvalue weighted by Crippen LogP contribution is -2.44. The van der Waals surface area contributed by atoms with E-state index in [-0.39, 0.29) is 29.2 Å². The average molecular weight is 329 g/mol. The lowest BCUT2D eigenvalue weighted by molar-refractivity contribution is -0.138. The number of alkyl halides is 3. The summed E-state index contributed by atoms with van der Waals surface area (Å²) in [6.45, 7) is 2.73.